The summed E-state index contributed by atoms with van der Waals surface area (Å²) in [7, 11) is 3.41. The first-order valence-corrected chi connectivity index (χ1v) is 7.76. The minimum Gasteiger partial charge on any atom is -0.383 e. The van der Waals surface area contributed by atoms with Crippen LogP contribution in [0.2, 0.25) is 0 Å². The zero-order valence-electron chi connectivity index (χ0n) is 13.2. The molecular formula is C16H23N3O3. The SMILES string of the molecule is COCCN1CCC[C@]2(C1)CN(c1ccc(=O)n(C)c1)C2=O. The summed E-state index contributed by atoms with van der Waals surface area (Å²) >= 11 is 0. The predicted molar refractivity (Wildman–Crippen MR) is 84.0 cm³/mol. The van der Waals surface area contributed by atoms with E-state index < -0.39 is 0 Å². The van der Waals surface area contributed by atoms with Gasteiger partial charge in [-0.1, -0.05) is 0 Å². The van der Waals surface area contributed by atoms with E-state index in [1.165, 1.54) is 10.6 Å². The molecule has 2 fully saturated rings. The van der Waals surface area contributed by atoms with Gasteiger partial charge in [-0.2, -0.15) is 0 Å². The Morgan fingerprint density at radius 1 is 1.27 bits per heavy atom. The Balaban J connectivity index is 1.70. The average Bonchev–Trinajstić information content (AvgIpc) is 2.53. The normalized spacial score (nSPS) is 25.5. The highest BCUT2D eigenvalue weighted by Gasteiger charge is 2.54. The lowest BCUT2D eigenvalue weighted by Gasteiger charge is -2.53. The number of methoxy groups -OCH3 is 1. The lowest BCUT2D eigenvalue weighted by atomic mass is 9.72. The number of anilines is 1. The second-order valence-electron chi connectivity index (χ2n) is 6.38. The number of piperidine rings is 1. The second kappa shape index (κ2) is 5.85. The first-order valence-electron chi connectivity index (χ1n) is 7.76. The molecule has 2 aliphatic heterocycles. The molecular weight excluding hydrogens is 282 g/mol. The molecule has 1 spiro atoms. The van der Waals surface area contributed by atoms with E-state index in [-0.39, 0.29) is 16.9 Å². The average molecular weight is 305 g/mol. The molecule has 6 heteroatoms. The molecule has 120 valence electrons. The Labute approximate surface area is 130 Å². The number of aromatic nitrogens is 1. The molecule has 2 saturated heterocycles. The number of β-lactam (4-membered cyclic amide) rings is 1. The van der Waals surface area contributed by atoms with Gasteiger partial charge in [0, 0.05) is 46.1 Å². The molecule has 0 radical (unpaired) electrons. The maximum atomic E-state index is 12.7. The Hall–Kier alpha value is -1.66. The second-order valence-corrected chi connectivity index (χ2v) is 6.38. The number of rotatable bonds is 4. The van der Waals surface area contributed by atoms with Crippen molar-refractivity contribution in [1.29, 1.82) is 0 Å². The van der Waals surface area contributed by atoms with Crippen molar-refractivity contribution < 1.29 is 9.53 Å². The summed E-state index contributed by atoms with van der Waals surface area (Å²) in [6.45, 7) is 4.18. The molecule has 0 unspecified atom stereocenters. The van der Waals surface area contributed by atoms with Crippen LogP contribution >= 0.6 is 0 Å². The third-order valence-electron chi connectivity index (χ3n) is 4.81. The first-order chi connectivity index (χ1) is 10.6. The van der Waals surface area contributed by atoms with Crippen LogP contribution in [0, 0.1) is 5.41 Å². The van der Waals surface area contributed by atoms with Crippen LogP contribution in [-0.2, 0) is 16.6 Å². The molecule has 1 atom stereocenters. The summed E-state index contributed by atoms with van der Waals surface area (Å²) in [4.78, 5) is 28.3. The van der Waals surface area contributed by atoms with Crippen molar-refractivity contribution >= 4 is 11.6 Å². The standard InChI is InChI=1S/C16H23N3O3/c1-17-10-13(4-5-14(17)20)19-12-16(15(19)21)6-3-7-18(11-16)8-9-22-2/h4-5,10H,3,6-9,11-12H2,1-2H3/t16-/m0/s1. The number of pyridine rings is 1. The van der Waals surface area contributed by atoms with E-state index in [2.05, 4.69) is 4.90 Å². The zero-order chi connectivity index (χ0) is 15.7. The van der Waals surface area contributed by atoms with Crippen molar-refractivity contribution in [3.8, 4) is 0 Å². The highest BCUT2D eigenvalue weighted by Crippen LogP contribution is 2.42. The van der Waals surface area contributed by atoms with E-state index in [1.807, 2.05) is 0 Å². The smallest absolute Gasteiger partial charge is 0.250 e. The van der Waals surface area contributed by atoms with Gasteiger partial charge >= 0.3 is 0 Å². The fraction of sp³-hybridized carbons (Fsp3) is 0.625. The van der Waals surface area contributed by atoms with E-state index in [4.69, 9.17) is 4.74 Å². The van der Waals surface area contributed by atoms with Gasteiger partial charge in [0.1, 0.15) is 0 Å². The topological polar surface area (TPSA) is 54.8 Å². The summed E-state index contributed by atoms with van der Waals surface area (Å²) in [6.07, 6.45) is 3.74. The summed E-state index contributed by atoms with van der Waals surface area (Å²) in [5.74, 6) is 0.188. The molecule has 22 heavy (non-hydrogen) atoms. The molecule has 3 rings (SSSR count). The lowest BCUT2D eigenvalue weighted by Crippen LogP contribution is -2.67. The van der Waals surface area contributed by atoms with Crippen molar-refractivity contribution in [3.05, 3.63) is 28.7 Å². The molecule has 0 N–H and O–H groups in total. The van der Waals surface area contributed by atoms with E-state index in [1.54, 1.807) is 31.3 Å². The zero-order valence-corrected chi connectivity index (χ0v) is 13.2. The van der Waals surface area contributed by atoms with E-state index in [0.717, 1.165) is 44.7 Å². The number of carbonyl (C=O) groups excluding carboxylic acids is 1. The third kappa shape index (κ3) is 2.57. The summed E-state index contributed by atoms with van der Waals surface area (Å²) in [6, 6.07) is 3.25. The van der Waals surface area contributed by atoms with Crippen molar-refractivity contribution in [1.82, 2.24) is 9.47 Å². The number of likely N-dealkylation sites (tertiary alicyclic amines) is 1. The molecule has 2 aliphatic rings. The fourth-order valence-corrected chi connectivity index (χ4v) is 3.53. The van der Waals surface area contributed by atoms with Crippen LogP contribution in [0.25, 0.3) is 0 Å². The van der Waals surface area contributed by atoms with Gasteiger partial charge in [-0.3, -0.25) is 14.5 Å². The van der Waals surface area contributed by atoms with Crippen LogP contribution in [0.3, 0.4) is 0 Å². The summed E-state index contributed by atoms with van der Waals surface area (Å²) in [5, 5.41) is 0. The predicted octanol–water partition coefficient (Wildman–Crippen LogP) is 0.461. The molecule has 0 aliphatic carbocycles. The minimum absolute atomic E-state index is 0.0603. The van der Waals surface area contributed by atoms with Crippen molar-refractivity contribution in [2.75, 3.05) is 44.8 Å². The van der Waals surface area contributed by atoms with Gasteiger partial charge < -0.3 is 14.2 Å². The maximum Gasteiger partial charge on any atom is 0.250 e. The quantitative estimate of drug-likeness (QED) is 0.759. The largest absolute Gasteiger partial charge is 0.383 e. The Bertz CT molecular complexity index is 627. The van der Waals surface area contributed by atoms with Gasteiger partial charge in [0.15, 0.2) is 0 Å². The Morgan fingerprint density at radius 2 is 2.09 bits per heavy atom. The first kappa shape index (κ1) is 15.2. The third-order valence-corrected chi connectivity index (χ3v) is 4.81. The number of aryl methyl sites for hydroxylation is 1. The van der Waals surface area contributed by atoms with Gasteiger partial charge in [0.05, 0.1) is 17.7 Å². The van der Waals surface area contributed by atoms with Crippen LogP contribution in [0.5, 0.6) is 0 Å². The minimum atomic E-state index is -0.235. The Morgan fingerprint density at radius 3 is 2.77 bits per heavy atom. The van der Waals surface area contributed by atoms with Gasteiger partial charge in [-0.25, -0.2) is 0 Å². The molecule has 1 aromatic heterocycles. The highest BCUT2D eigenvalue weighted by atomic mass is 16.5. The van der Waals surface area contributed by atoms with Crippen LogP contribution in [0.4, 0.5) is 5.69 Å². The monoisotopic (exact) mass is 305 g/mol. The van der Waals surface area contributed by atoms with Gasteiger partial charge in [0.2, 0.25) is 11.5 Å². The van der Waals surface area contributed by atoms with E-state index in [0.29, 0.717) is 6.61 Å². The van der Waals surface area contributed by atoms with Crippen LogP contribution in [0.15, 0.2) is 23.1 Å². The molecule has 0 bridgehead atoms. The van der Waals surface area contributed by atoms with Crippen LogP contribution in [0.1, 0.15) is 12.8 Å². The molecule has 0 saturated carbocycles. The van der Waals surface area contributed by atoms with Crippen molar-refractivity contribution in [3.63, 3.8) is 0 Å². The van der Waals surface area contributed by atoms with Gasteiger partial charge in [0.25, 0.3) is 0 Å². The number of carbonyl (C=O) groups is 1. The maximum absolute atomic E-state index is 12.7. The van der Waals surface area contributed by atoms with E-state index in [9.17, 15) is 9.59 Å². The number of hydrogen-bond donors (Lipinski definition) is 0. The van der Waals surface area contributed by atoms with Gasteiger partial charge in [-0.15, -0.1) is 0 Å². The van der Waals surface area contributed by atoms with Crippen LogP contribution < -0.4 is 10.5 Å². The van der Waals surface area contributed by atoms with Crippen LogP contribution in [-0.4, -0.2) is 55.3 Å². The lowest BCUT2D eigenvalue weighted by molar-refractivity contribution is -0.139. The molecule has 1 aromatic rings. The molecule has 1 amide bonds. The number of ether oxygens (including phenoxy) is 1. The molecule has 0 aromatic carbocycles. The molecule has 6 nitrogen and oxygen atoms in total. The molecule has 3 heterocycles. The fourth-order valence-electron chi connectivity index (χ4n) is 3.53. The summed E-state index contributed by atoms with van der Waals surface area (Å²) in [5.41, 5.74) is 0.516. The van der Waals surface area contributed by atoms with E-state index >= 15 is 0 Å². The Kier molecular flexibility index (Phi) is 4.06. The number of amides is 1. The van der Waals surface area contributed by atoms with Crippen molar-refractivity contribution in [2.45, 2.75) is 12.8 Å². The van der Waals surface area contributed by atoms with Crippen molar-refractivity contribution in [2.24, 2.45) is 12.5 Å². The highest BCUT2D eigenvalue weighted by molar-refractivity contribution is 6.04. The number of hydrogen-bond acceptors (Lipinski definition) is 4. The summed E-state index contributed by atoms with van der Waals surface area (Å²) < 4.78 is 6.65. The number of nitrogens with zero attached hydrogens (tertiary/aromatic N) is 3. The van der Waals surface area contributed by atoms with Gasteiger partial charge in [-0.05, 0) is 25.5 Å².